The summed E-state index contributed by atoms with van der Waals surface area (Å²) in [6.45, 7) is 7.60. The van der Waals surface area contributed by atoms with Gasteiger partial charge in [0, 0.05) is 20.1 Å². The van der Waals surface area contributed by atoms with E-state index in [9.17, 15) is 0 Å². The second-order valence-electron chi connectivity index (χ2n) is 5.12. The number of hydrogen-bond donors (Lipinski definition) is 2. The number of halogens is 1. The third-order valence-electron chi connectivity index (χ3n) is 2.55. The van der Waals surface area contributed by atoms with Gasteiger partial charge in [-0.25, -0.2) is 0 Å². The van der Waals surface area contributed by atoms with Crippen LogP contribution in [0.15, 0.2) is 4.99 Å². The topological polar surface area (TPSA) is 39.7 Å². The molecule has 0 aliphatic heterocycles. The van der Waals surface area contributed by atoms with Crippen LogP contribution in [0.2, 0.25) is 0 Å². The number of aliphatic imine (C=N–C) groups is 1. The minimum absolute atomic E-state index is 0. The lowest BCUT2D eigenvalue weighted by atomic mass is 10.1. The van der Waals surface area contributed by atoms with Crippen molar-refractivity contribution in [3.05, 3.63) is 0 Å². The van der Waals surface area contributed by atoms with Gasteiger partial charge in [0.05, 0.1) is 0 Å². The number of hydrogen-bond acceptors (Lipinski definition) is 2. The molecule has 18 heavy (non-hydrogen) atoms. The minimum atomic E-state index is 0. The quantitative estimate of drug-likeness (QED) is 0.298. The van der Waals surface area contributed by atoms with Crippen molar-refractivity contribution in [1.29, 1.82) is 0 Å². The smallest absolute Gasteiger partial charge is 0.190 e. The molecule has 4 nitrogen and oxygen atoms in total. The normalized spacial score (nSPS) is 11.6. The van der Waals surface area contributed by atoms with Crippen LogP contribution in [0.25, 0.3) is 0 Å². The van der Waals surface area contributed by atoms with Gasteiger partial charge in [0.2, 0.25) is 0 Å². The molecule has 0 aromatic heterocycles. The number of guanidine groups is 1. The van der Waals surface area contributed by atoms with E-state index in [-0.39, 0.29) is 24.0 Å². The molecule has 5 heteroatoms. The van der Waals surface area contributed by atoms with Crippen molar-refractivity contribution in [3.63, 3.8) is 0 Å². The molecule has 2 N–H and O–H groups in total. The maximum absolute atomic E-state index is 4.20. The highest BCUT2D eigenvalue weighted by molar-refractivity contribution is 14.0. The first-order valence-corrected chi connectivity index (χ1v) is 6.65. The predicted molar refractivity (Wildman–Crippen MR) is 92.0 cm³/mol. The molecule has 0 amide bonds. The highest BCUT2D eigenvalue weighted by Crippen LogP contribution is 2.01. The van der Waals surface area contributed by atoms with Gasteiger partial charge in [0.15, 0.2) is 5.96 Å². The van der Waals surface area contributed by atoms with Crippen molar-refractivity contribution >= 4 is 29.9 Å². The van der Waals surface area contributed by atoms with Crippen molar-refractivity contribution in [2.45, 2.75) is 33.1 Å². The fraction of sp³-hybridized carbons (Fsp3) is 0.923. The van der Waals surface area contributed by atoms with Crippen LogP contribution in [-0.2, 0) is 0 Å². The van der Waals surface area contributed by atoms with Crippen molar-refractivity contribution < 1.29 is 0 Å². The van der Waals surface area contributed by atoms with E-state index in [1.54, 1.807) is 0 Å². The third kappa shape index (κ3) is 14.0. The van der Waals surface area contributed by atoms with E-state index in [4.69, 9.17) is 0 Å². The molecule has 0 heterocycles. The Bertz CT molecular complexity index is 187. The van der Waals surface area contributed by atoms with Gasteiger partial charge in [-0.2, -0.15) is 0 Å². The summed E-state index contributed by atoms with van der Waals surface area (Å²) in [5.41, 5.74) is 0. The first kappa shape index (κ1) is 20.3. The predicted octanol–water partition coefficient (Wildman–Crippen LogP) is 2.16. The van der Waals surface area contributed by atoms with Crippen LogP contribution in [0, 0.1) is 5.92 Å². The molecule has 0 atom stereocenters. The first-order chi connectivity index (χ1) is 8.06. The molecule has 0 aliphatic carbocycles. The Labute approximate surface area is 130 Å². The zero-order chi connectivity index (χ0) is 13.1. The Morgan fingerprint density at radius 3 is 2.11 bits per heavy atom. The second-order valence-corrected chi connectivity index (χ2v) is 5.12. The third-order valence-corrected chi connectivity index (χ3v) is 2.55. The molecule has 0 spiro atoms. The van der Waals surface area contributed by atoms with Crippen molar-refractivity contribution in [3.8, 4) is 0 Å². The van der Waals surface area contributed by atoms with Crippen molar-refractivity contribution in [2.75, 3.05) is 40.8 Å². The maximum Gasteiger partial charge on any atom is 0.190 e. The van der Waals surface area contributed by atoms with E-state index in [1.807, 2.05) is 7.05 Å². The van der Waals surface area contributed by atoms with E-state index in [1.165, 1.54) is 12.8 Å². The van der Waals surface area contributed by atoms with E-state index in [0.29, 0.717) is 0 Å². The molecule has 0 bridgehead atoms. The summed E-state index contributed by atoms with van der Waals surface area (Å²) in [6, 6.07) is 0. The monoisotopic (exact) mass is 370 g/mol. The van der Waals surface area contributed by atoms with Gasteiger partial charge < -0.3 is 15.5 Å². The molecule has 0 saturated heterocycles. The fourth-order valence-corrected chi connectivity index (χ4v) is 1.54. The summed E-state index contributed by atoms with van der Waals surface area (Å²) >= 11 is 0. The van der Waals surface area contributed by atoms with Gasteiger partial charge in [-0.15, -0.1) is 24.0 Å². The molecule has 0 aromatic rings. The van der Waals surface area contributed by atoms with Crippen LogP contribution < -0.4 is 10.6 Å². The molecule has 0 aromatic carbocycles. The minimum Gasteiger partial charge on any atom is -0.356 e. The molecule has 0 unspecified atom stereocenters. The first-order valence-electron chi connectivity index (χ1n) is 6.65. The average Bonchev–Trinajstić information content (AvgIpc) is 2.26. The van der Waals surface area contributed by atoms with Crippen LogP contribution in [0.5, 0.6) is 0 Å². The summed E-state index contributed by atoms with van der Waals surface area (Å²) in [4.78, 5) is 6.40. The highest BCUT2D eigenvalue weighted by atomic mass is 127. The van der Waals surface area contributed by atoms with Crippen LogP contribution in [-0.4, -0.2) is 51.6 Å². The molecule has 0 fully saturated rings. The van der Waals surface area contributed by atoms with Crippen LogP contribution in [0.4, 0.5) is 0 Å². The molecular formula is C13H31IN4. The van der Waals surface area contributed by atoms with Crippen LogP contribution in [0.1, 0.15) is 33.1 Å². The average molecular weight is 370 g/mol. The standard InChI is InChI=1S/C13H30N4.HI/c1-12(2)8-6-9-15-13(14-3)16-10-7-11-17(4)5;/h12H,6-11H2,1-5H3,(H2,14,15,16);1H. The lowest BCUT2D eigenvalue weighted by Gasteiger charge is -2.13. The van der Waals surface area contributed by atoms with Crippen molar-refractivity contribution in [1.82, 2.24) is 15.5 Å². The van der Waals surface area contributed by atoms with Gasteiger partial charge in [-0.1, -0.05) is 13.8 Å². The number of rotatable bonds is 8. The lowest BCUT2D eigenvalue weighted by Crippen LogP contribution is -2.38. The lowest BCUT2D eigenvalue weighted by molar-refractivity contribution is 0.399. The summed E-state index contributed by atoms with van der Waals surface area (Å²) in [5.74, 6) is 1.71. The van der Waals surface area contributed by atoms with E-state index in [0.717, 1.165) is 37.9 Å². The Hall–Kier alpha value is -0.0400. The zero-order valence-corrected chi connectivity index (χ0v) is 15.0. The Morgan fingerprint density at radius 1 is 1.11 bits per heavy atom. The zero-order valence-electron chi connectivity index (χ0n) is 12.6. The number of nitrogens with one attached hydrogen (secondary N) is 2. The summed E-state index contributed by atoms with van der Waals surface area (Å²) in [7, 11) is 6.02. The molecule has 110 valence electrons. The summed E-state index contributed by atoms with van der Waals surface area (Å²) in [5, 5.41) is 6.66. The Morgan fingerprint density at radius 2 is 1.67 bits per heavy atom. The van der Waals surface area contributed by atoms with E-state index in [2.05, 4.69) is 48.5 Å². The Kier molecular flexibility index (Phi) is 15.1. The second kappa shape index (κ2) is 13.4. The Balaban J connectivity index is 0. The number of nitrogens with zero attached hydrogens (tertiary/aromatic N) is 2. The SMILES string of the molecule is CN=C(NCCCC(C)C)NCCCN(C)C.I. The van der Waals surface area contributed by atoms with Gasteiger partial charge in [0.1, 0.15) is 0 Å². The molecule has 0 aliphatic rings. The molecular weight excluding hydrogens is 339 g/mol. The van der Waals surface area contributed by atoms with Crippen molar-refractivity contribution in [2.24, 2.45) is 10.9 Å². The molecule has 0 saturated carbocycles. The molecule has 0 rings (SSSR count). The maximum atomic E-state index is 4.20. The molecule has 0 radical (unpaired) electrons. The van der Waals surface area contributed by atoms with E-state index < -0.39 is 0 Å². The van der Waals surface area contributed by atoms with Gasteiger partial charge in [-0.3, -0.25) is 4.99 Å². The van der Waals surface area contributed by atoms with Gasteiger partial charge in [-0.05, 0) is 45.8 Å². The van der Waals surface area contributed by atoms with Crippen LogP contribution in [0.3, 0.4) is 0 Å². The largest absolute Gasteiger partial charge is 0.356 e. The summed E-state index contributed by atoms with van der Waals surface area (Å²) in [6.07, 6.45) is 3.61. The van der Waals surface area contributed by atoms with E-state index >= 15 is 0 Å². The fourth-order valence-electron chi connectivity index (χ4n) is 1.54. The van der Waals surface area contributed by atoms with Gasteiger partial charge in [0.25, 0.3) is 0 Å². The summed E-state index contributed by atoms with van der Waals surface area (Å²) < 4.78 is 0. The highest BCUT2D eigenvalue weighted by Gasteiger charge is 1.98. The van der Waals surface area contributed by atoms with Gasteiger partial charge >= 0.3 is 0 Å². The van der Waals surface area contributed by atoms with Crippen LogP contribution >= 0.6 is 24.0 Å².